The van der Waals surface area contributed by atoms with Crippen LogP contribution in [0, 0.1) is 5.41 Å². The van der Waals surface area contributed by atoms with Crippen molar-refractivity contribution in [2.45, 2.75) is 69.5 Å². The van der Waals surface area contributed by atoms with Crippen LogP contribution in [0.1, 0.15) is 64.7 Å². The quantitative estimate of drug-likeness (QED) is 0.790. The van der Waals surface area contributed by atoms with Crippen LogP contribution in [0.4, 0.5) is 0 Å². The highest BCUT2D eigenvalue weighted by molar-refractivity contribution is 8.00. The minimum atomic E-state index is -0.775. The monoisotopic (exact) mass is 313 g/mol. The molecule has 2 N–H and O–H groups in total. The molecule has 5 heteroatoms. The van der Waals surface area contributed by atoms with Gasteiger partial charge in [0.25, 0.3) is 0 Å². The molecule has 0 aromatic rings. The van der Waals surface area contributed by atoms with E-state index in [4.69, 9.17) is 5.11 Å². The summed E-state index contributed by atoms with van der Waals surface area (Å²) in [6, 6.07) is 0. The Morgan fingerprint density at radius 3 is 2.38 bits per heavy atom. The molecule has 1 saturated carbocycles. The number of thioether (sulfide) groups is 1. The van der Waals surface area contributed by atoms with Gasteiger partial charge in [-0.1, -0.05) is 19.3 Å². The summed E-state index contributed by atoms with van der Waals surface area (Å²) in [5.74, 6) is 0.435. The molecule has 1 saturated heterocycles. The van der Waals surface area contributed by atoms with Crippen molar-refractivity contribution in [2.24, 2.45) is 5.41 Å². The van der Waals surface area contributed by atoms with E-state index in [1.807, 2.05) is 11.8 Å². The molecular formula is C16H27NO3S. The molecule has 120 valence electrons. The van der Waals surface area contributed by atoms with Crippen molar-refractivity contribution in [1.29, 1.82) is 0 Å². The van der Waals surface area contributed by atoms with Gasteiger partial charge in [0.2, 0.25) is 5.91 Å². The molecule has 0 aromatic heterocycles. The summed E-state index contributed by atoms with van der Waals surface area (Å²) in [6.07, 6.45) is 7.89. The highest BCUT2D eigenvalue weighted by atomic mass is 32.2. The highest BCUT2D eigenvalue weighted by Crippen LogP contribution is 2.42. The summed E-state index contributed by atoms with van der Waals surface area (Å²) >= 11 is 1.93. The summed E-state index contributed by atoms with van der Waals surface area (Å²) in [7, 11) is 0. The van der Waals surface area contributed by atoms with Gasteiger partial charge in [-0.2, -0.15) is 11.8 Å². The van der Waals surface area contributed by atoms with E-state index in [9.17, 15) is 9.59 Å². The normalized spacial score (nSPS) is 28.2. The van der Waals surface area contributed by atoms with E-state index in [1.165, 1.54) is 12.2 Å². The molecule has 1 aliphatic heterocycles. The second-order valence-corrected chi connectivity index (χ2v) is 8.67. The van der Waals surface area contributed by atoms with E-state index in [0.717, 1.165) is 38.5 Å². The van der Waals surface area contributed by atoms with Gasteiger partial charge in [-0.3, -0.25) is 9.59 Å². The Morgan fingerprint density at radius 1 is 1.10 bits per heavy atom. The smallest absolute Gasteiger partial charge is 0.303 e. The number of aliphatic carboxylic acids is 1. The van der Waals surface area contributed by atoms with E-state index >= 15 is 0 Å². The molecule has 21 heavy (non-hydrogen) atoms. The molecule has 0 bridgehead atoms. The average molecular weight is 313 g/mol. The van der Waals surface area contributed by atoms with Crippen LogP contribution in [0.2, 0.25) is 0 Å². The van der Waals surface area contributed by atoms with E-state index in [0.29, 0.717) is 13.0 Å². The molecule has 2 fully saturated rings. The van der Waals surface area contributed by atoms with E-state index in [2.05, 4.69) is 12.2 Å². The zero-order valence-corrected chi connectivity index (χ0v) is 13.8. The van der Waals surface area contributed by atoms with Gasteiger partial charge in [-0.05, 0) is 43.8 Å². The molecule has 0 radical (unpaired) electrons. The van der Waals surface area contributed by atoms with Crippen LogP contribution in [-0.4, -0.2) is 34.0 Å². The van der Waals surface area contributed by atoms with Crippen molar-refractivity contribution in [2.75, 3.05) is 12.3 Å². The number of amides is 1. The van der Waals surface area contributed by atoms with Crippen molar-refractivity contribution in [3.63, 3.8) is 0 Å². The van der Waals surface area contributed by atoms with Gasteiger partial charge in [-0.15, -0.1) is 0 Å². The zero-order valence-electron chi connectivity index (χ0n) is 13.0. The highest BCUT2D eigenvalue weighted by Gasteiger charge is 2.37. The van der Waals surface area contributed by atoms with Crippen molar-refractivity contribution < 1.29 is 14.7 Å². The van der Waals surface area contributed by atoms with Crippen molar-refractivity contribution in [3.05, 3.63) is 0 Å². The number of carboxylic acids is 1. The number of carbonyl (C=O) groups is 2. The number of hydrogen-bond acceptors (Lipinski definition) is 3. The lowest BCUT2D eigenvalue weighted by molar-refractivity contribution is -0.141. The number of hydrogen-bond donors (Lipinski definition) is 2. The van der Waals surface area contributed by atoms with Crippen LogP contribution >= 0.6 is 11.8 Å². The fraction of sp³-hybridized carbons (Fsp3) is 0.875. The van der Waals surface area contributed by atoms with Crippen LogP contribution in [0.15, 0.2) is 0 Å². The third kappa shape index (κ3) is 4.90. The van der Waals surface area contributed by atoms with Gasteiger partial charge >= 0.3 is 5.97 Å². The van der Waals surface area contributed by atoms with Gasteiger partial charge in [0.15, 0.2) is 0 Å². The van der Waals surface area contributed by atoms with Gasteiger partial charge in [0, 0.05) is 17.7 Å². The first-order valence-corrected chi connectivity index (χ1v) is 9.04. The van der Waals surface area contributed by atoms with E-state index < -0.39 is 5.97 Å². The lowest BCUT2D eigenvalue weighted by atomic mass is 9.69. The molecule has 2 aliphatic rings. The largest absolute Gasteiger partial charge is 0.481 e. The Labute approximate surface area is 131 Å². The topological polar surface area (TPSA) is 66.4 Å². The first-order valence-electron chi connectivity index (χ1n) is 8.06. The summed E-state index contributed by atoms with van der Waals surface area (Å²) in [5.41, 5.74) is -0.308. The SMILES string of the molecule is CC1(CNC(=O)CC2(CC(=O)O)CCCCC2)CCCS1. The summed E-state index contributed by atoms with van der Waals surface area (Å²) in [4.78, 5) is 23.4. The van der Waals surface area contributed by atoms with Crippen LogP contribution in [-0.2, 0) is 9.59 Å². The average Bonchev–Trinajstić information content (AvgIpc) is 2.84. The first-order chi connectivity index (χ1) is 9.93. The lowest BCUT2D eigenvalue weighted by Crippen LogP contribution is -2.40. The standard InChI is InChI=1S/C16H27NO3S/c1-15(6-5-9-21-15)12-17-13(18)10-16(11-14(19)20)7-3-2-4-8-16/h2-12H2,1H3,(H,17,18)(H,19,20). The summed E-state index contributed by atoms with van der Waals surface area (Å²) < 4.78 is 0.169. The Kier molecular flexibility index (Phi) is 5.58. The van der Waals surface area contributed by atoms with Crippen LogP contribution in [0.5, 0.6) is 0 Å². The Bertz CT molecular complexity index is 385. The van der Waals surface area contributed by atoms with Crippen LogP contribution in [0.3, 0.4) is 0 Å². The van der Waals surface area contributed by atoms with Gasteiger partial charge in [0.05, 0.1) is 6.42 Å². The molecule has 2 rings (SSSR count). The predicted octanol–water partition coefficient (Wildman–Crippen LogP) is 3.20. The van der Waals surface area contributed by atoms with E-state index in [-0.39, 0.29) is 22.5 Å². The Morgan fingerprint density at radius 2 is 1.81 bits per heavy atom. The minimum Gasteiger partial charge on any atom is -0.481 e. The zero-order chi connectivity index (χ0) is 15.3. The maximum absolute atomic E-state index is 12.3. The fourth-order valence-corrected chi connectivity index (χ4v) is 4.95. The molecule has 1 unspecified atom stereocenters. The Hall–Kier alpha value is -0.710. The predicted molar refractivity (Wildman–Crippen MR) is 85.5 cm³/mol. The van der Waals surface area contributed by atoms with Crippen molar-refractivity contribution >= 4 is 23.6 Å². The third-order valence-electron chi connectivity index (χ3n) is 4.94. The van der Waals surface area contributed by atoms with Crippen LogP contribution in [0.25, 0.3) is 0 Å². The molecule has 1 amide bonds. The molecule has 1 atom stereocenters. The molecule has 1 aliphatic carbocycles. The maximum Gasteiger partial charge on any atom is 0.303 e. The fourth-order valence-electron chi connectivity index (χ4n) is 3.70. The molecule has 0 spiro atoms. The van der Waals surface area contributed by atoms with Gasteiger partial charge in [0.1, 0.15) is 0 Å². The van der Waals surface area contributed by atoms with Crippen LogP contribution < -0.4 is 5.32 Å². The van der Waals surface area contributed by atoms with Gasteiger partial charge < -0.3 is 10.4 Å². The van der Waals surface area contributed by atoms with Crippen molar-refractivity contribution in [1.82, 2.24) is 5.32 Å². The Balaban J connectivity index is 1.87. The first kappa shape index (κ1) is 16.7. The summed E-state index contributed by atoms with van der Waals surface area (Å²) in [6.45, 7) is 2.91. The second-order valence-electron chi connectivity index (χ2n) is 6.99. The maximum atomic E-state index is 12.3. The molecule has 4 nitrogen and oxygen atoms in total. The molecular weight excluding hydrogens is 286 g/mol. The van der Waals surface area contributed by atoms with Crippen molar-refractivity contribution in [3.8, 4) is 0 Å². The van der Waals surface area contributed by atoms with E-state index in [1.54, 1.807) is 0 Å². The third-order valence-corrected chi connectivity index (χ3v) is 6.47. The second kappa shape index (κ2) is 7.03. The number of rotatable bonds is 6. The van der Waals surface area contributed by atoms with Gasteiger partial charge in [-0.25, -0.2) is 0 Å². The number of nitrogens with one attached hydrogen (secondary N) is 1. The summed E-state index contributed by atoms with van der Waals surface area (Å²) in [5, 5.41) is 12.2. The lowest BCUT2D eigenvalue weighted by Gasteiger charge is -2.36. The number of carboxylic acid groups (broad SMARTS) is 1. The molecule has 1 heterocycles. The minimum absolute atomic E-state index is 0.0341. The molecule has 0 aromatic carbocycles. The number of carbonyl (C=O) groups excluding carboxylic acids is 1.